The Morgan fingerprint density at radius 2 is 1.76 bits per heavy atom. The van der Waals surface area contributed by atoms with E-state index in [2.05, 4.69) is 15.5 Å². The molecular formula is C32H43N5O8. The fourth-order valence-corrected chi connectivity index (χ4v) is 5.58. The Labute approximate surface area is 263 Å². The molecule has 3 aliphatic heterocycles. The van der Waals surface area contributed by atoms with Crippen molar-refractivity contribution in [3.05, 3.63) is 42.0 Å². The molecule has 0 saturated carbocycles. The summed E-state index contributed by atoms with van der Waals surface area (Å²) in [6.07, 6.45) is -0.101. The molecule has 244 valence electrons. The number of rotatable bonds is 9. The van der Waals surface area contributed by atoms with E-state index in [0.29, 0.717) is 66.9 Å². The molecule has 4 amide bonds. The van der Waals surface area contributed by atoms with Gasteiger partial charge in [-0.2, -0.15) is 0 Å². The number of carbonyl (C=O) groups is 3. The van der Waals surface area contributed by atoms with Crippen LogP contribution in [0.2, 0.25) is 0 Å². The number of carbonyl (C=O) groups excluding carboxylic acids is 3. The molecule has 3 aliphatic rings. The smallest absolute Gasteiger partial charge is 0.321 e. The third kappa shape index (κ3) is 8.35. The Hall–Kier alpha value is -4.07. The van der Waals surface area contributed by atoms with Crippen LogP contribution in [0.4, 0.5) is 16.2 Å². The quantitative estimate of drug-likeness (QED) is 0.383. The minimum absolute atomic E-state index is 0.0387. The molecule has 13 heteroatoms. The van der Waals surface area contributed by atoms with Gasteiger partial charge in [-0.1, -0.05) is 6.92 Å². The SMILES string of the molecule is C[C@@H]1CN([C@H](C)CO)C(=O)Cc2cc(NC(=O)CCN3CCOCC3)ccc2O[C@H]1CN(C)C(=O)Nc1ccc2c(c1)OCO2. The fourth-order valence-electron chi connectivity index (χ4n) is 5.58. The van der Waals surface area contributed by atoms with Crippen LogP contribution < -0.4 is 24.8 Å². The van der Waals surface area contributed by atoms with Crippen molar-refractivity contribution < 1.29 is 38.4 Å². The van der Waals surface area contributed by atoms with Gasteiger partial charge in [-0.3, -0.25) is 14.5 Å². The van der Waals surface area contributed by atoms with Gasteiger partial charge in [0.15, 0.2) is 11.5 Å². The van der Waals surface area contributed by atoms with E-state index in [1.807, 2.05) is 6.92 Å². The van der Waals surface area contributed by atoms with E-state index in [1.165, 1.54) is 4.90 Å². The first kappa shape index (κ1) is 32.3. The van der Waals surface area contributed by atoms with Gasteiger partial charge in [-0.15, -0.1) is 0 Å². The summed E-state index contributed by atoms with van der Waals surface area (Å²) in [4.78, 5) is 44.8. The monoisotopic (exact) mass is 625 g/mol. The fraction of sp³-hybridized carbons (Fsp3) is 0.531. The second kappa shape index (κ2) is 14.8. The lowest BCUT2D eigenvalue weighted by Crippen LogP contribution is -2.48. The van der Waals surface area contributed by atoms with E-state index in [1.54, 1.807) is 55.3 Å². The molecule has 3 heterocycles. The number of urea groups is 1. The van der Waals surface area contributed by atoms with Gasteiger partial charge < -0.3 is 44.5 Å². The number of ether oxygens (including phenoxy) is 4. The molecule has 0 spiro atoms. The van der Waals surface area contributed by atoms with Crippen molar-refractivity contribution in [1.29, 1.82) is 0 Å². The summed E-state index contributed by atoms with van der Waals surface area (Å²) in [6, 6.07) is 9.75. The average molecular weight is 626 g/mol. The predicted molar refractivity (Wildman–Crippen MR) is 167 cm³/mol. The number of fused-ring (bicyclic) bond motifs is 2. The summed E-state index contributed by atoms with van der Waals surface area (Å²) in [5, 5.41) is 15.8. The Balaban J connectivity index is 1.30. The van der Waals surface area contributed by atoms with Crippen molar-refractivity contribution in [2.45, 2.75) is 38.8 Å². The van der Waals surface area contributed by atoms with Crippen LogP contribution in [0.5, 0.6) is 17.2 Å². The highest BCUT2D eigenvalue weighted by Crippen LogP contribution is 2.34. The van der Waals surface area contributed by atoms with Crippen LogP contribution in [0.1, 0.15) is 25.8 Å². The van der Waals surface area contributed by atoms with Crippen molar-refractivity contribution in [3.63, 3.8) is 0 Å². The summed E-state index contributed by atoms with van der Waals surface area (Å²) >= 11 is 0. The molecule has 3 atom stereocenters. The number of amides is 4. The molecule has 0 aliphatic carbocycles. The number of aliphatic hydroxyl groups is 1. The number of morpholine rings is 1. The van der Waals surface area contributed by atoms with E-state index >= 15 is 0 Å². The lowest BCUT2D eigenvalue weighted by molar-refractivity contribution is -0.134. The highest BCUT2D eigenvalue weighted by molar-refractivity contribution is 5.91. The van der Waals surface area contributed by atoms with Crippen LogP contribution in [0.25, 0.3) is 0 Å². The largest absolute Gasteiger partial charge is 0.488 e. The number of hydrogen-bond donors (Lipinski definition) is 3. The van der Waals surface area contributed by atoms with Crippen LogP contribution >= 0.6 is 0 Å². The summed E-state index contributed by atoms with van der Waals surface area (Å²) in [7, 11) is 1.68. The minimum atomic E-state index is -0.482. The van der Waals surface area contributed by atoms with Gasteiger partial charge in [0.2, 0.25) is 18.6 Å². The molecule has 0 bridgehead atoms. The van der Waals surface area contributed by atoms with Gasteiger partial charge in [0.1, 0.15) is 11.9 Å². The Bertz CT molecular complexity index is 1370. The van der Waals surface area contributed by atoms with Crippen molar-refractivity contribution in [1.82, 2.24) is 14.7 Å². The number of aliphatic hydroxyl groups excluding tert-OH is 1. The maximum Gasteiger partial charge on any atom is 0.321 e. The van der Waals surface area contributed by atoms with Gasteiger partial charge in [0.25, 0.3) is 0 Å². The van der Waals surface area contributed by atoms with E-state index in [-0.39, 0.29) is 50.1 Å². The molecule has 0 aromatic heterocycles. The summed E-state index contributed by atoms with van der Waals surface area (Å²) in [5.41, 5.74) is 1.76. The van der Waals surface area contributed by atoms with Gasteiger partial charge in [-0.05, 0) is 37.3 Å². The third-order valence-electron chi connectivity index (χ3n) is 8.38. The van der Waals surface area contributed by atoms with Crippen LogP contribution in [-0.2, 0) is 20.7 Å². The molecule has 3 N–H and O–H groups in total. The standard InChI is InChI=1S/C32H43N5O8/c1-21-17-37(22(2)19-38)31(40)15-23-14-24(33-30(39)8-9-36-10-12-42-13-11-36)4-6-26(23)45-29(21)18-35(3)32(41)34-25-5-7-27-28(16-25)44-20-43-27/h4-7,14,16,21-22,29,38H,8-13,15,17-20H2,1-3H3,(H,33,39)(H,34,41)/t21-,22-,29+/m1/s1. The number of nitrogens with one attached hydrogen (secondary N) is 2. The molecule has 2 aromatic carbocycles. The van der Waals surface area contributed by atoms with Gasteiger partial charge in [-0.25, -0.2) is 4.79 Å². The maximum absolute atomic E-state index is 13.5. The van der Waals surface area contributed by atoms with Gasteiger partial charge >= 0.3 is 6.03 Å². The lowest BCUT2D eigenvalue weighted by atomic mass is 10.0. The van der Waals surface area contributed by atoms with Crippen molar-refractivity contribution in [3.8, 4) is 17.2 Å². The summed E-state index contributed by atoms with van der Waals surface area (Å²) in [6.45, 7) is 7.89. The number of likely N-dealkylation sites (N-methyl/N-ethyl adjacent to an activating group) is 1. The van der Waals surface area contributed by atoms with Gasteiger partial charge in [0.05, 0.1) is 38.8 Å². The normalized spacial score (nSPS) is 20.6. The third-order valence-corrected chi connectivity index (χ3v) is 8.38. The second-order valence-corrected chi connectivity index (χ2v) is 11.8. The molecule has 2 aromatic rings. The molecule has 1 fully saturated rings. The molecule has 5 rings (SSSR count). The summed E-state index contributed by atoms with van der Waals surface area (Å²) < 4.78 is 22.7. The zero-order valence-electron chi connectivity index (χ0n) is 26.1. The number of nitrogens with zero attached hydrogens (tertiary/aromatic N) is 3. The van der Waals surface area contributed by atoms with Gasteiger partial charge in [0, 0.05) is 68.6 Å². The molecule has 1 saturated heterocycles. The number of hydrogen-bond acceptors (Lipinski definition) is 9. The van der Waals surface area contributed by atoms with Crippen molar-refractivity contribution in [2.24, 2.45) is 5.92 Å². The second-order valence-electron chi connectivity index (χ2n) is 11.8. The minimum Gasteiger partial charge on any atom is -0.488 e. The average Bonchev–Trinajstić information content (AvgIpc) is 3.52. The Morgan fingerprint density at radius 3 is 2.51 bits per heavy atom. The van der Waals surface area contributed by atoms with E-state index < -0.39 is 12.1 Å². The Kier molecular flexibility index (Phi) is 10.6. The molecule has 0 unspecified atom stereocenters. The highest BCUT2D eigenvalue weighted by atomic mass is 16.7. The first-order chi connectivity index (χ1) is 21.7. The number of benzene rings is 2. The molecule has 0 radical (unpaired) electrons. The van der Waals surface area contributed by atoms with E-state index in [9.17, 15) is 19.5 Å². The Morgan fingerprint density at radius 1 is 1.04 bits per heavy atom. The molecular weight excluding hydrogens is 582 g/mol. The maximum atomic E-state index is 13.5. The first-order valence-corrected chi connectivity index (χ1v) is 15.4. The number of anilines is 2. The highest BCUT2D eigenvalue weighted by Gasteiger charge is 2.32. The topological polar surface area (TPSA) is 142 Å². The molecule has 13 nitrogen and oxygen atoms in total. The van der Waals surface area contributed by atoms with Crippen LogP contribution in [0.15, 0.2) is 36.4 Å². The zero-order valence-corrected chi connectivity index (χ0v) is 26.1. The van der Waals surface area contributed by atoms with Crippen molar-refractivity contribution >= 4 is 29.2 Å². The molecule has 45 heavy (non-hydrogen) atoms. The van der Waals surface area contributed by atoms with Crippen molar-refractivity contribution in [2.75, 3.05) is 77.0 Å². The van der Waals surface area contributed by atoms with Crippen LogP contribution in [-0.4, -0.2) is 116 Å². The predicted octanol–water partition coefficient (Wildman–Crippen LogP) is 2.39. The zero-order chi connectivity index (χ0) is 31.9. The van der Waals surface area contributed by atoms with E-state index in [4.69, 9.17) is 18.9 Å². The van der Waals surface area contributed by atoms with Crippen LogP contribution in [0, 0.1) is 5.92 Å². The summed E-state index contributed by atoms with van der Waals surface area (Å²) in [5.74, 6) is 1.24. The lowest BCUT2D eigenvalue weighted by Gasteiger charge is -2.34. The van der Waals surface area contributed by atoms with Crippen LogP contribution in [0.3, 0.4) is 0 Å². The van der Waals surface area contributed by atoms with E-state index in [0.717, 1.165) is 13.1 Å². The first-order valence-electron chi connectivity index (χ1n) is 15.4.